The molecule has 130 valence electrons. The Hall–Kier alpha value is -1.51. The number of benzene rings is 1. The number of aliphatic carboxylic acids is 1. The van der Waals surface area contributed by atoms with E-state index < -0.39 is 5.97 Å². The number of ether oxygens (including phenoxy) is 1. The minimum atomic E-state index is -0.803. The molecule has 1 rings (SSSR count). The average Bonchev–Trinajstić information content (AvgIpc) is 2.49. The summed E-state index contributed by atoms with van der Waals surface area (Å²) in [6.07, 6.45) is 10.3. The lowest BCUT2D eigenvalue weighted by molar-refractivity contribution is -0.136. The standard InChI is InChI=1S/C20H32O3/c1-4-5-6-7-8-9-10-11-12-23-19-14-18(15-20(21)22)13-16(2)17(19)3/h13-14H,4-12,15H2,1-3H3,(H,21,22). The number of carboxylic acid groups (broad SMARTS) is 1. The van der Waals surface area contributed by atoms with Crippen LogP contribution in [0.3, 0.4) is 0 Å². The van der Waals surface area contributed by atoms with Crippen LogP contribution in [0.2, 0.25) is 0 Å². The fourth-order valence-electron chi connectivity index (χ4n) is 2.74. The van der Waals surface area contributed by atoms with Crippen LogP contribution < -0.4 is 4.74 Å². The van der Waals surface area contributed by atoms with Crippen LogP contribution in [0.25, 0.3) is 0 Å². The van der Waals surface area contributed by atoms with Crippen LogP contribution in [0.15, 0.2) is 12.1 Å². The van der Waals surface area contributed by atoms with Crippen molar-refractivity contribution < 1.29 is 14.6 Å². The van der Waals surface area contributed by atoms with Crippen LogP contribution in [-0.4, -0.2) is 17.7 Å². The number of carboxylic acids is 1. The third kappa shape index (κ3) is 8.06. The minimum Gasteiger partial charge on any atom is -0.493 e. The Balaban J connectivity index is 2.31. The van der Waals surface area contributed by atoms with Crippen LogP contribution >= 0.6 is 0 Å². The van der Waals surface area contributed by atoms with E-state index in [1.54, 1.807) is 0 Å². The van der Waals surface area contributed by atoms with Crippen molar-refractivity contribution in [1.29, 1.82) is 0 Å². The first-order chi connectivity index (χ1) is 11.0. The molecule has 1 aromatic rings. The number of carbonyl (C=O) groups is 1. The van der Waals surface area contributed by atoms with E-state index in [0.29, 0.717) is 6.61 Å². The summed E-state index contributed by atoms with van der Waals surface area (Å²) in [5.41, 5.74) is 3.01. The van der Waals surface area contributed by atoms with Gasteiger partial charge in [0.2, 0.25) is 0 Å². The fraction of sp³-hybridized carbons (Fsp3) is 0.650. The summed E-state index contributed by atoms with van der Waals surface area (Å²) < 4.78 is 5.89. The zero-order valence-corrected chi connectivity index (χ0v) is 15.0. The summed E-state index contributed by atoms with van der Waals surface area (Å²) in [7, 11) is 0. The van der Waals surface area contributed by atoms with Crippen molar-refractivity contribution in [2.75, 3.05) is 6.61 Å². The molecule has 1 N–H and O–H groups in total. The molecule has 0 aliphatic heterocycles. The van der Waals surface area contributed by atoms with Gasteiger partial charge in [0.25, 0.3) is 0 Å². The molecule has 0 amide bonds. The van der Waals surface area contributed by atoms with Crippen molar-refractivity contribution >= 4 is 5.97 Å². The molecule has 1 aromatic carbocycles. The second-order valence-corrected chi connectivity index (χ2v) is 6.43. The molecule has 3 heteroatoms. The zero-order valence-electron chi connectivity index (χ0n) is 15.0. The van der Waals surface area contributed by atoms with Gasteiger partial charge in [-0.2, -0.15) is 0 Å². The maximum atomic E-state index is 10.9. The van der Waals surface area contributed by atoms with Crippen LogP contribution in [0, 0.1) is 13.8 Å². The highest BCUT2D eigenvalue weighted by Gasteiger charge is 2.08. The van der Waals surface area contributed by atoms with Crippen LogP contribution in [-0.2, 0) is 11.2 Å². The molecule has 0 spiro atoms. The number of rotatable bonds is 12. The first kappa shape index (κ1) is 19.5. The molecule has 0 saturated heterocycles. The first-order valence-corrected chi connectivity index (χ1v) is 8.99. The van der Waals surface area contributed by atoms with E-state index in [0.717, 1.165) is 28.9 Å². The smallest absolute Gasteiger partial charge is 0.307 e. The number of hydrogen-bond acceptors (Lipinski definition) is 2. The summed E-state index contributed by atoms with van der Waals surface area (Å²) in [5, 5.41) is 8.93. The normalized spacial score (nSPS) is 10.7. The Morgan fingerprint density at radius 2 is 1.61 bits per heavy atom. The molecular weight excluding hydrogens is 288 g/mol. The SMILES string of the molecule is CCCCCCCCCCOc1cc(CC(=O)O)cc(C)c1C. The van der Waals surface area contributed by atoms with E-state index in [4.69, 9.17) is 9.84 Å². The third-order valence-corrected chi connectivity index (χ3v) is 4.29. The predicted octanol–water partition coefficient (Wildman–Crippen LogP) is 5.45. The molecule has 0 saturated carbocycles. The second-order valence-electron chi connectivity index (χ2n) is 6.43. The van der Waals surface area contributed by atoms with Gasteiger partial charge < -0.3 is 9.84 Å². The van der Waals surface area contributed by atoms with Crippen molar-refractivity contribution in [3.8, 4) is 5.75 Å². The summed E-state index contributed by atoms with van der Waals surface area (Å²) in [6, 6.07) is 3.81. The highest BCUT2D eigenvalue weighted by molar-refractivity contribution is 5.70. The molecule has 0 radical (unpaired) electrons. The Kier molecular flexibility index (Phi) is 9.42. The number of aryl methyl sites for hydroxylation is 1. The molecule has 3 nitrogen and oxygen atoms in total. The van der Waals surface area contributed by atoms with Gasteiger partial charge in [-0.25, -0.2) is 0 Å². The molecule has 0 atom stereocenters. The topological polar surface area (TPSA) is 46.5 Å². The van der Waals surface area contributed by atoms with Crippen LogP contribution in [0.1, 0.15) is 75.0 Å². The summed E-state index contributed by atoms with van der Waals surface area (Å²) in [4.78, 5) is 10.9. The highest BCUT2D eigenvalue weighted by Crippen LogP contribution is 2.24. The van der Waals surface area contributed by atoms with Gasteiger partial charge in [-0.15, -0.1) is 0 Å². The Labute approximate surface area is 141 Å². The highest BCUT2D eigenvalue weighted by atomic mass is 16.5. The average molecular weight is 320 g/mol. The quantitative estimate of drug-likeness (QED) is 0.521. The van der Waals surface area contributed by atoms with Gasteiger partial charge in [-0.1, -0.05) is 57.9 Å². The summed E-state index contributed by atoms with van der Waals surface area (Å²) >= 11 is 0. The van der Waals surface area contributed by atoms with Crippen LogP contribution in [0.4, 0.5) is 0 Å². The van der Waals surface area contributed by atoms with Gasteiger partial charge in [-0.05, 0) is 43.0 Å². The van der Waals surface area contributed by atoms with Gasteiger partial charge in [0.15, 0.2) is 0 Å². The second kappa shape index (κ2) is 11.1. The third-order valence-electron chi connectivity index (χ3n) is 4.29. The number of hydrogen-bond donors (Lipinski definition) is 1. The predicted molar refractivity (Wildman–Crippen MR) is 95.4 cm³/mol. The summed E-state index contributed by atoms with van der Waals surface area (Å²) in [6.45, 7) is 6.99. The lowest BCUT2D eigenvalue weighted by Gasteiger charge is -2.13. The van der Waals surface area contributed by atoms with E-state index in [2.05, 4.69) is 6.92 Å². The van der Waals surface area contributed by atoms with E-state index in [9.17, 15) is 4.79 Å². The van der Waals surface area contributed by atoms with Gasteiger partial charge in [0.1, 0.15) is 5.75 Å². The van der Waals surface area contributed by atoms with Gasteiger partial charge in [-0.3, -0.25) is 4.79 Å². The van der Waals surface area contributed by atoms with Crippen molar-refractivity contribution in [1.82, 2.24) is 0 Å². The zero-order chi connectivity index (χ0) is 17.1. The van der Waals surface area contributed by atoms with Crippen molar-refractivity contribution in [2.45, 2.75) is 78.6 Å². The lowest BCUT2D eigenvalue weighted by Crippen LogP contribution is -2.04. The molecule has 0 heterocycles. The number of unbranched alkanes of at least 4 members (excludes halogenated alkanes) is 7. The fourth-order valence-corrected chi connectivity index (χ4v) is 2.74. The maximum absolute atomic E-state index is 10.9. The molecule has 0 fully saturated rings. The van der Waals surface area contributed by atoms with E-state index in [1.807, 2.05) is 26.0 Å². The minimum absolute atomic E-state index is 0.0508. The van der Waals surface area contributed by atoms with E-state index >= 15 is 0 Å². The maximum Gasteiger partial charge on any atom is 0.307 e. The Bertz CT molecular complexity index is 480. The molecule has 0 bridgehead atoms. The van der Waals surface area contributed by atoms with Crippen molar-refractivity contribution in [3.05, 3.63) is 28.8 Å². The molecule has 23 heavy (non-hydrogen) atoms. The molecule has 0 aliphatic rings. The molecule has 0 unspecified atom stereocenters. The van der Waals surface area contributed by atoms with Crippen molar-refractivity contribution in [2.24, 2.45) is 0 Å². The van der Waals surface area contributed by atoms with Crippen molar-refractivity contribution in [3.63, 3.8) is 0 Å². The molecular formula is C20H32O3. The van der Waals surface area contributed by atoms with Gasteiger partial charge >= 0.3 is 5.97 Å². The lowest BCUT2D eigenvalue weighted by atomic mass is 10.0. The Morgan fingerprint density at radius 3 is 2.22 bits per heavy atom. The Morgan fingerprint density at radius 1 is 1.00 bits per heavy atom. The van der Waals surface area contributed by atoms with Crippen LogP contribution in [0.5, 0.6) is 5.75 Å². The van der Waals surface area contributed by atoms with E-state index in [1.165, 1.54) is 44.9 Å². The molecule has 0 aromatic heterocycles. The first-order valence-electron chi connectivity index (χ1n) is 8.99. The monoisotopic (exact) mass is 320 g/mol. The molecule has 0 aliphatic carbocycles. The largest absolute Gasteiger partial charge is 0.493 e. The van der Waals surface area contributed by atoms with Gasteiger partial charge in [0, 0.05) is 0 Å². The summed E-state index contributed by atoms with van der Waals surface area (Å²) in [5.74, 6) is 0.0338. The van der Waals surface area contributed by atoms with E-state index in [-0.39, 0.29) is 6.42 Å². The van der Waals surface area contributed by atoms with Gasteiger partial charge in [0.05, 0.1) is 13.0 Å².